The van der Waals surface area contributed by atoms with Gasteiger partial charge in [0, 0.05) is 61.8 Å². The zero-order valence-electron chi connectivity index (χ0n) is 15.5. The molecule has 0 spiro atoms. The number of nitrogens with zero attached hydrogens (tertiary/aromatic N) is 3. The fourth-order valence-electron chi connectivity index (χ4n) is 4.73. The maximum Gasteiger partial charge on any atom is 0.251 e. The molecule has 0 radical (unpaired) electrons. The lowest BCUT2D eigenvalue weighted by atomic mass is 9.94. The first-order valence-electron chi connectivity index (χ1n) is 9.70. The predicted octanol–water partition coefficient (Wildman–Crippen LogP) is 3.18. The summed E-state index contributed by atoms with van der Waals surface area (Å²) in [6.07, 6.45) is 7.06. The molecule has 1 amide bonds. The molecule has 1 fully saturated rings. The first-order chi connectivity index (χ1) is 13.8. The average Bonchev–Trinajstić information content (AvgIpc) is 3.27. The number of rotatable bonds is 4. The number of hydrogen-bond donors (Lipinski definition) is 1. The molecular weight excluding hydrogens is 348 g/mol. The van der Waals surface area contributed by atoms with Gasteiger partial charge in [-0.2, -0.15) is 0 Å². The molecule has 0 bridgehead atoms. The van der Waals surface area contributed by atoms with Crippen molar-refractivity contribution in [3.05, 3.63) is 95.6 Å². The molecule has 1 aromatic carbocycles. The van der Waals surface area contributed by atoms with Gasteiger partial charge in [-0.25, -0.2) is 0 Å². The third-order valence-corrected chi connectivity index (χ3v) is 5.96. The lowest BCUT2D eigenvalue weighted by Gasteiger charge is -2.23. The van der Waals surface area contributed by atoms with E-state index in [1.54, 1.807) is 24.5 Å². The second-order valence-corrected chi connectivity index (χ2v) is 7.64. The number of carbonyl (C=O) groups is 1. The van der Waals surface area contributed by atoms with E-state index in [0.29, 0.717) is 17.4 Å². The highest BCUT2D eigenvalue weighted by Gasteiger charge is 2.46. The molecule has 1 aliphatic heterocycles. The van der Waals surface area contributed by atoms with Gasteiger partial charge in [-0.05, 0) is 34.9 Å². The van der Waals surface area contributed by atoms with Crippen molar-refractivity contribution in [2.75, 3.05) is 13.1 Å². The van der Waals surface area contributed by atoms with Crippen LogP contribution in [0, 0.1) is 5.92 Å². The van der Waals surface area contributed by atoms with Crippen LogP contribution in [0.2, 0.25) is 0 Å². The van der Waals surface area contributed by atoms with Crippen LogP contribution in [-0.4, -0.2) is 33.9 Å². The lowest BCUT2D eigenvalue weighted by Crippen LogP contribution is -2.33. The molecule has 28 heavy (non-hydrogen) atoms. The Kier molecular flexibility index (Phi) is 4.37. The SMILES string of the molecule is O=C(N[C@@H]1c2ccccc2[C@@H]2CN(Cc3cccnc3)C[C@H]12)c1ccncc1. The van der Waals surface area contributed by atoms with Crippen molar-refractivity contribution < 1.29 is 4.79 Å². The lowest BCUT2D eigenvalue weighted by molar-refractivity contribution is 0.0923. The summed E-state index contributed by atoms with van der Waals surface area (Å²) in [5, 5.41) is 3.30. The molecule has 1 aliphatic carbocycles. The van der Waals surface area contributed by atoms with E-state index in [9.17, 15) is 4.79 Å². The molecule has 5 nitrogen and oxygen atoms in total. The maximum absolute atomic E-state index is 12.8. The summed E-state index contributed by atoms with van der Waals surface area (Å²) in [6.45, 7) is 2.88. The molecule has 0 unspecified atom stereocenters. The average molecular weight is 370 g/mol. The number of likely N-dealkylation sites (tertiary alicyclic amines) is 1. The van der Waals surface area contributed by atoms with E-state index in [1.165, 1.54) is 16.7 Å². The summed E-state index contributed by atoms with van der Waals surface area (Å²) < 4.78 is 0. The zero-order chi connectivity index (χ0) is 18.9. The predicted molar refractivity (Wildman–Crippen MR) is 107 cm³/mol. The van der Waals surface area contributed by atoms with Crippen molar-refractivity contribution in [2.24, 2.45) is 5.92 Å². The number of aromatic nitrogens is 2. The number of amides is 1. The van der Waals surface area contributed by atoms with Crippen LogP contribution in [0.5, 0.6) is 0 Å². The van der Waals surface area contributed by atoms with Crippen LogP contribution in [0.15, 0.2) is 73.3 Å². The van der Waals surface area contributed by atoms with E-state index in [-0.39, 0.29) is 11.9 Å². The highest BCUT2D eigenvalue weighted by Crippen LogP contribution is 2.49. The Morgan fingerprint density at radius 3 is 2.57 bits per heavy atom. The van der Waals surface area contributed by atoms with Gasteiger partial charge in [0.25, 0.3) is 5.91 Å². The minimum Gasteiger partial charge on any atom is -0.345 e. The summed E-state index contributed by atoms with van der Waals surface area (Å²) >= 11 is 0. The Bertz CT molecular complexity index is 976. The van der Waals surface area contributed by atoms with Crippen molar-refractivity contribution in [1.82, 2.24) is 20.2 Å². The van der Waals surface area contributed by atoms with Crippen LogP contribution in [0.1, 0.15) is 39.0 Å². The van der Waals surface area contributed by atoms with Crippen molar-refractivity contribution in [2.45, 2.75) is 18.5 Å². The molecule has 1 saturated heterocycles. The first-order valence-corrected chi connectivity index (χ1v) is 9.70. The monoisotopic (exact) mass is 370 g/mol. The number of fused-ring (bicyclic) bond motifs is 3. The van der Waals surface area contributed by atoms with Crippen LogP contribution >= 0.6 is 0 Å². The van der Waals surface area contributed by atoms with Crippen LogP contribution in [0.4, 0.5) is 0 Å². The molecule has 2 aromatic heterocycles. The van der Waals surface area contributed by atoms with Gasteiger partial charge >= 0.3 is 0 Å². The molecule has 140 valence electrons. The normalized spacial score (nSPS) is 23.2. The Balaban J connectivity index is 1.39. The van der Waals surface area contributed by atoms with Gasteiger partial charge in [0.1, 0.15) is 0 Å². The standard InChI is InChI=1S/C23H22N4O/c28-23(17-7-10-24-11-8-17)26-22-19-6-2-1-5-18(19)20-14-27(15-21(20)22)13-16-4-3-9-25-12-16/h1-12,20-22H,13-15H2,(H,26,28)/t20-,21-,22+/m0/s1. The molecular formula is C23H22N4O. The summed E-state index contributed by atoms with van der Waals surface area (Å²) in [7, 11) is 0. The van der Waals surface area contributed by atoms with E-state index >= 15 is 0 Å². The molecule has 3 heterocycles. The van der Waals surface area contributed by atoms with Crippen LogP contribution in [0.3, 0.4) is 0 Å². The fourth-order valence-corrected chi connectivity index (χ4v) is 4.73. The van der Waals surface area contributed by atoms with Crippen LogP contribution in [-0.2, 0) is 6.54 Å². The smallest absolute Gasteiger partial charge is 0.251 e. The van der Waals surface area contributed by atoms with E-state index in [0.717, 1.165) is 19.6 Å². The van der Waals surface area contributed by atoms with E-state index in [1.807, 2.05) is 18.5 Å². The number of benzene rings is 1. The number of nitrogens with one attached hydrogen (secondary N) is 1. The Morgan fingerprint density at radius 2 is 1.79 bits per heavy atom. The largest absolute Gasteiger partial charge is 0.345 e. The van der Waals surface area contributed by atoms with Crippen molar-refractivity contribution >= 4 is 5.91 Å². The summed E-state index contributed by atoms with van der Waals surface area (Å²) in [5.41, 5.74) is 4.52. The topological polar surface area (TPSA) is 58.1 Å². The second kappa shape index (κ2) is 7.17. The van der Waals surface area contributed by atoms with Gasteiger partial charge in [-0.3, -0.25) is 19.7 Å². The third-order valence-electron chi connectivity index (χ3n) is 5.96. The molecule has 3 atom stereocenters. The number of hydrogen-bond acceptors (Lipinski definition) is 4. The number of carbonyl (C=O) groups excluding carboxylic acids is 1. The van der Waals surface area contributed by atoms with Gasteiger partial charge in [0.2, 0.25) is 0 Å². The van der Waals surface area contributed by atoms with E-state index in [4.69, 9.17) is 0 Å². The molecule has 3 aromatic rings. The van der Waals surface area contributed by atoms with Gasteiger partial charge in [-0.1, -0.05) is 30.3 Å². The van der Waals surface area contributed by atoms with Gasteiger partial charge in [0.05, 0.1) is 6.04 Å². The molecule has 0 saturated carbocycles. The summed E-state index contributed by atoms with van der Waals surface area (Å²) in [5.74, 6) is 0.809. The van der Waals surface area contributed by atoms with Gasteiger partial charge < -0.3 is 5.32 Å². The second-order valence-electron chi connectivity index (χ2n) is 7.64. The molecule has 5 heteroatoms. The quantitative estimate of drug-likeness (QED) is 0.766. The highest BCUT2D eigenvalue weighted by atomic mass is 16.1. The first kappa shape index (κ1) is 17.1. The zero-order valence-corrected chi connectivity index (χ0v) is 15.5. The van der Waals surface area contributed by atoms with Gasteiger partial charge in [0.15, 0.2) is 0 Å². The van der Waals surface area contributed by atoms with Crippen molar-refractivity contribution in [3.8, 4) is 0 Å². The summed E-state index contributed by atoms with van der Waals surface area (Å²) in [4.78, 5) is 23.5. The third kappa shape index (κ3) is 3.08. The highest BCUT2D eigenvalue weighted by molar-refractivity contribution is 5.94. The number of pyridine rings is 2. The maximum atomic E-state index is 12.8. The summed E-state index contributed by atoms with van der Waals surface area (Å²) in [6, 6.07) is 16.2. The Hall–Kier alpha value is -3.05. The van der Waals surface area contributed by atoms with Crippen LogP contribution < -0.4 is 5.32 Å². The van der Waals surface area contributed by atoms with E-state index < -0.39 is 0 Å². The minimum absolute atomic E-state index is 0.0337. The molecule has 5 rings (SSSR count). The van der Waals surface area contributed by atoms with Crippen molar-refractivity contribution in [1.29, 1.82) is 0 Å². The Labute approximate surface area is 164 Å². The molecule has 1 N–H and O–H groups in total. The van der Waals surface area contributed by atoms with Gasteiger partial charge in [-0.15, -0.1) is 0 Å². The minimum atomic E-state index is -0.0337. The van der Waals surface area contributed by atoms with Crippen molar-refractivity contribution in [3.63, 3.8) is 0 Å². The fraction of sp³-hybridized carbons (Fsp3) is 0.261. The van der Waals surface area contributed by atoms with Crippen LogP contribution in [0.25, 0.3) is 0 Å². The Morgan fingerprint density at radius 1 is 0.964 bits per heavy atom. The van der Waals surface area contributed by atoms with E-state index in [2.05, 4.69) is 50.5 Å². The molecule has 2 aliphatic rings.